The van der Waals surface area contributed by atoms with E-state index >= 15 is 0 Å². The summed E-state index contributed by atoms with van der Waals surface area (Å²) in [6, 6.07) is 0.791. The minimum absolute atomic E-state index is 0.333. The topological polar surface area (TPSA) is 59.4 Å². The van der Waals surface area contributed by atoms with Crippen molar-refractivity contribution in [3.8, 4) is 5.75 Å². The number of halogens is 1. The van der Waals surface area contributed by atoms with Gasteiger partial charge in [-0.2, -0.15) is 0 Å². The fourth-order valence-electron chi connectivity index (χ4n) is 0.675. The van der Waals surface area contributed by atoms with Crippen LogP contribution < -0.4 is 0 Å². The van der Waals surface area contributed by atoms with Crippen LogP contribution in [0.4, 0.5) is 4.39 Å². The minimum Gasteiger partial charge on any atom is -0.506 e. The van der Waals surface area contributed by atoms with E-state index in [2.05, 4.69) is 9.72 Å². The second-order valence-electron chi connectivity index (χ2n) is 2.02. The van der Waals surface area contributed by atoms with Crippen LogP contribution in [0.2, 0.25) is 0 Å². The molecule has 64 valence electrons. The quantitative estimate of drug-likeness (QED) is 0.632. The molecule has 0 radical (unpaired) electrons. The molecule has 1 N–H and O–H groups in total. The average molecular weight is 171 g/mol. The summed E-state index contributed by atoms with van der Waals surface area (Å²) < 4.78 is 17.0. The second-order valence-corrected chi connectivity index (χ2v) is 2.02. The highest BCUT2D eigenvalue weighted by Gasteiger charge is 2.13. The number of carbonyl (C=O) groups excluding carboxylic acids is 1. The van der Waals surface area contributed by atoms with Gasteiger partial charge in [-0.1, -0.05) is 0 Å². The first kappa shape index (κ1) is 8.45. The van der Waals surface area contributed by atoms with E-state index < -0.39 is 17.5 Å². The Labute approximate surface area is 67.6 Å². The van der Waals surface area contributed by atoms with Gasteiger partial charge < -0.3 is 9.84 Å². The van der Waals surface area contributed by atoms with E-state index in [4.69, 9.17) is 5.11 Å². The number of hydrogen-bond donors (Lipinski definition) is 1. The molecule has 0 saturated carbocycles. The minimum atomic E-state index is -0.901. The molecule has 1 aromatic heterocycles. The number of ether oxygens (including phenoxy) is 1. The van der Waals surface area contributed by atoms with E-state index in [0.29, 0.717) is 0 Å². The monoisotopic (exact) mass is 171 g/mol. The maximum atomic E-state index is 12.8. The van der Waals surface area contributed by atoms with Gasteiger partial charge in [0.1, 0.15) is 5.75 Å². The Morgan fingerprint density at radius 1 is 1.75 bits per heavy atom. The maximum Gasteiger partial charge on any atom is 0.359 e. The van der Waals surface area contributed by atoms with Gasteiger partial charge in [0, 0.05) is 6.07 Å². The van der Waals surface area contributed by atoms with Gasteiger partial charge in [-0.25, -0.2) is 14.2 Å². The fraction of sp³-hybridized carbons (Fsp3) is 0.143. The fourth-order valence-corrected chi connectivity index (χ4v) is 0.675. The molecule has 0 aliphatic heterocycles. The van der Waals surface area contributed by atoms with Crippen molar-refractivity contribution in [2.75, 3.05) is 7.11 Å². The van der Waals surface area contributed by atoms with E-state index in [-0.39, 0.29) is 5.75 Å². The molecule has 0 bridgehead atoms. The summed E-state index contributed by atoms with van der Waals surface area (Å²) in [6.07, 6.45) is 0.968. The lowest BCUT2D eigenvalue weighted by atomic mass is 10.3. The zero-order valence-electron chi connectivity index (χ0n) is 6.24. The van der Waals surface area contributed by atoms with Crippen molar-refractivity contribution < 1.29 is 19.0 Å². The van der Waals surface area contributed by atoms with E-state index in [1.54, 1.807) is 0 Å². The van der Waals surface area contributed by atoms with Gasteiger partial charge in [-0.15, -0.1) is 0 Å². The molecule has 0 atom stereocenters. The molecular formula is C7H6FNO3. The van der Waals surface area contributed by atoms with Gasteiger partial charge in [-0.05, 0) is 0 Å². The number of carbonyl (C=O) groups is 1. The lowest BCUT2D eigenvalue weighted by Gasteiger charge is -1.99. The molecule has 4 nitrogen and oxygen atoms in total. The van der Waals surface area contributed by atoms with Crippen LogP contribution in [0.15, 0.2) is 12.3 Å². The Kier molecular flexibility index (Phi) is 2.23. The summed E-state index contributed by atoms with van der Waals surface area (Å²) in [5.41, 5.74) is -0.435. The van der Waals surface area contributed by atoms with Crippen LogP contribution in [0, 0.1) is 5.82 Å². The van der Waals surface area contributed by atoms with Crippen LogP contribution in [0.25, 0.3) is 0 Å². The van der Waals surface area contributed by atoms with Gasteiger partial charge in [-0.3, -0.25) is 0 Å². The average Bonchev–Trinajstić information content (AvgIpc) is 2.03. The summed E-state index contributed by atoms with van der Waals surface area (Å²) in [5.74, 6) is -2.10. The first-order chi connectivity index (χ1) is 5.65. The molecular weight excluding hydrogens is 165 g/mol. The highest BCUT2D eigenvalue weighted by Crippen LogP contribution is 2.12. The lowest BCUT2D eigenvalue weighted by molar-refractivity contribution is 0.0588. The highest BCUT2D eigenvalue weighted by atomic mass is 19.1. The van der Waals surface area contributed by atoms with Crippen molar-refractivity contribution in [2.45, 2.75) is 0 Å². The molecule has 0 aliphatic rings. The van der Waals surface area contributed by atoms with E-state index in [1.165, 1.54) is 0 Å². The number of esters is 1. The van der Waals surface area contributed by atoms with Crippen LogP contribution >= 0.6 is 0 Å². The van der Waals surface area contributed by atoms with Crippen molar-refractivity contribution in [3.63, 3.8) is 0 Å². The van der Waals surface area contributed by atoms with Crippen LogP contribution in [-0.4, -0.2) is 23.2 Å². The van der Waals surface area contributed by atoms with Crippen molar-refractivity contribution in [1.82, 2.24) is 4.98 Å². The Bertz CT molecular complexity index is 314. The van der Waals surface area contributed by atoms with Crippen molar-refractivity contribution >= 4 is 5.97 Å². The number of hydrogen-bond acceptors (Lipinski definition) is 4. The predicted octanol–water partition coefficient (Wildman–Crippen LogP) is 0.713. The molecule has 5 heteroatoms. The summed E-state index contributed by atoms with van der Waals surface area (Å²) in [5, 5.41) is 8.74. The molecule has 0 saturated heterocycles. The third-order valence-electron chi connectivity index (χ3n) is 1.21. The van der Waals surface area contributed by atoms with Crippen molar-refractivity contribution in [3.05, 3.63) is 23.8 Å². The van der Waals surface area contributed by atoms with Gasteiger partial charge in [0.15, 0.2) is 11.5 Å². The van der Waals surface area contributed by atoms with Crippen LogP contribution in [0.5, 0.6) is 5.75 Å². The molecule has 1 aromatic rings. The molecule has 12 heavy (non-hydrogen) atoms. The number of rotatable bonds is 1. The van der Waals surface area contributed by atoms with Crippen molar-refractivity contribution in [2.24, 2.45) is 0 Å². The van der Waals surface area contributed by atoms with Gasteiger partial charge in [0.2, 0.25) is 0 Å². The van der Waals surface area contributed by atoms with Gasteiger partial charge >= 0.3 is 5.97 Å². The predicted molar refractivity (Wildman–Crippen MR) is 37.2 cm³/mol. The molecule has 0 aromatic carbocycles. The summed E-state index contributed by atoms with van der Waals surface area (Å²) in [4.78, 5) is 14.1. The second kappa shape index (κ2) is 3.17. The van der Waals surface area contributed by atoms with Gasteiger partial charge in [0.05, 0.1) is 13.3 Å². The normalized spacial score (nSPS) is 9.50. The Morgan fingerprint density at radius 2 is 2.42 bits per heavy atom. The largest absolute Gasteiger partial charge is 0.506 e. The first-order valence-electron chi connectivity index (χ1n) is 3.08. The molecule has 0 spiro atoms. The molecule has 1 rings (SSSR count). The van der Waals surface area contributed by atoms with Crippen LogP contribution in [-0.2, 0) is 4.74 Å². The number of nitrogens with zero attached hydrogens (tertiary/aromatic N) is 1. The zero-order valence-corrected chi connectivity index (χ0v) is 6.24. The standard InChI is InChI=1S/C7H6FNO3/c1-12-7(11)6-5(8)2-4(10)3-9-6/h2-3,10H,1H3. The molecule has 0 aliphatic carbocycles. The third kappa shape index (κ3) is 1.50. The number of aromatic nitrogens is 1. The van der Waals surface area contributed by atoms with E-state index in [9.17, 15) is 9.18 Å². The molecule has 1 heterocycles. The SMILES string of the molecule is COC(=O)c1ncc(O)cc1F. The van der Waals surface area contributed by atoms with E-state index in [0.717, 1.165) is 19.4 Å². The van der Waals surface area contributed by atoms with Crippen molar-refractivity contribution in [1.29, 1.82) is 0 Å². The molecule has 0 fully saturated rings. The van der Waals surface area contributed by atoms with Crippen LogP contribution in [0.3, 0.4) is 0 Å². The zero-order chi connectivity index (χ0) is 9.14. The summed E-state index contributed by atoms with van der Waals surface area (Å²) in [7, 11) is 1.12. The third-order valence-corrected chi connectivity index (χ3v) is 1.21. The Balaban J connectivity index is 3.09. The maximum absolute atomic E-state index is 12.8. The molecule has 0 unspecified atom stereocenters. The number of aromatic hydroxyl groups is 1. The lowest BCUT2D eigenvalue weighted by Crippen LogP contribution is -2.06. The smallest absolute Gasteiger partial charge is 0.359 e. The van der Waals surface area contributed by atoms with E-state index in [1.807, 2.05) is 0 Å². The summed E-state index contributed by atoms with van der Waals surface area (Å²) >= 11 is 0. The molecule has 0 amide bonds. The Morgan fingerprint density at radius 3 is 2.92 bits per heavy atom. The summed E-state index contributed by atoms with van der Waals surface area (Å²) in [6.45, 7) is 0. The number of pyridine rings is 1. The van der Waals surface area contributed by atoms with Gasteiger partial charge in [0.25, 0.3) is 0 Å². The number of methoxy groups -OCH3 is 1. The van der Waals surface area contributed by atoms with Crippen LogP contribution in [0.1, 0.15) is 10.5 Å². The Hall–Kier alpha value is -1.65. The first-order valence-corrected chi connectivity index (χ1v) is 3.08. The highest BCUT2D eigenvalue weighted by molar-refractivity contribution is 5.87.